The Bertz CT molecular complexity index is 963. The SMILES string of the molecule is C[C@@H](NCc1nc2sc3c(c2c(=O)[nH]1)CCC3)c1ccccc1Cl. The molecule has 0 radical (unpaired) electrons. The van der Waals surface area contributed by atoms with Crippen LogP contribution in [0.5, 0.6) is 0 Å². The Hall–Kier alpha value is -1.69. The minimum Gasteiger partial charge on any atom is -0.309 e. The van der Waals surface area contributed by atoms with E-state index in [0.717, 1.165) is 40.1 Å². The van der Waals surface area contributed by atoms with Gasteiger partial charge in [0.1, 0.15) is 10.7 Å². The first kappa shape index (κ1) is 15.8. The number of nitrogens with zero attached hydrogens (tertiary/aromatic N) is 1. The fraction of sp³-hybridized carbons (Fsp3) is 0.333. The van der Waals surface area contributed by atoms with Crippen molar-refractivity contribution in [3.8, 4) is 0 Å². The third-order valence-corrected chi connectivity index (χ3v) is 6.10. The molecule has 24 heavy (non-hydrogen) atoms. The van der Waals surface area contributed by atoms with E-state index < -0.39 is 0 Å². The first-order valence-electron chi connectivity index (χ1n) is 8.14. The van der Waals surface area contributed by atoms with Crippen LogP contribution in [0, 0.1) is 0 Å². The third-order valence-electron chi connectivity index (χ3n) is 4.57. The van der Waals surface area contributed by atoms with E-state index in [1.54, 1.807) is 11.3 Å². The molecule has 2 aromatic heterocycles. The second-order valence-corrected chi connectivity index (χ2v) is 7.67. The minimum atomic E-state index is -0.0124. The second-order valence-electron chi connectivity index (χ2n) is 6.17. The van der Waals surface area contributed by atoms with Gasteiger partial charge in [0.25, 0.3) is 5.56 Å². The highest BCUT2D eigenvalue weighted by atomic mass is 35.5. The number of benzene rings is 1. The lowest BCUT2D eigenvalue weighted by molar-refractivity contribution is 0.560. The quantitative estimate of drug-likeness (QED) is 0.740. The first-order valence-corrected chi connectivity index (χ1v) is 9.34. The van der Waals surface area contributed by atoms with Crippen LogP contribution in [0.3, 0.4) is 0 Å². The highest BCUT2D eigenvalue weighted by Crippen LogP contribution is 2.34. The van der Waals surface area contributed by atoms with E-state index in [9.17, 15) is 4.79 Å². The molecule has 0 bridgehead atoms. The summed E-state index contributed by atoms with van der Waals surface area (Å²) in [5, 5.41) is 4.93. The molecular weight excluding hydrogens is 342 g/mol. The summed E-state index contributed by atoms with van der Waals surface area (Å²) in [6, 6.07) is 7.85. The Morgan fingerprint density at radius 1 is 1.38 bits per heavy atom. The molecule has 1 aromatic carbocycles. The summed E-state index contributed by atoms with van der Waals surface area (Å²) in [5.74, 6) is 0.673. The minimum absolute atomic E-state index is 0.0124. The molecule has 0 aliphatic heterocycles. The molecule has 0 saturated heterocycles. The van der Waals surface area contributed by atoms with Gasteiger partial charge < -0.3 is 10.3 Å². The van der Waals surface area contributed by atoms with Gasteiger partial charge in [-0.25, -0.2) is 4.98 Å². The van der Waals surface area contributed by atoms with Crippen LogP contribution in [0.1, 0.15) is 41.2 Å². The maximum Gasteiger partial charge on any atom is 0.259 e. The lowest BCUT2D eigenvalue weighted by Crippen LogP contribution is -2.22. The number of thiophene rings is 1. The molecule has 4 nitrogen and oxygen atoms in total. The number of rotatable bonds is 4. The summed E-state index contributed by atoms with van der Waals surface area (Å²) in [4.78, 5) is 22.2. The van der Waals surface area contributed by atoms with Crippen LogP contribution < -0.4 is 10.9 Å². The van der Waals surface area contributed by atoms with Crippen LogP contribution in [0.25, 0.3) is 10.2 Å². The van der Waals surface area contributed by atoms with Crippen LogP contribution in [-0.2, 0) is 19.4 Å². The van der Waals surface area contributed by atoms with Gasteiger partial charge in [0.2, 0.25) is 0 Å². The average molecular weight is 360 g/mol. The number of fused-ring (bicyclic) bond motifs is 3. The molecule has 0 spiro atoms. The van der Waals surface area contributed by atoms with Crippen LogP contribution in [-0.4, -0.2) is 9.97 Å². The Labute approximate surface area is 148 Å². The fourth-order valence-electron chi connectivity index (χ4n) is 3.32. The molecule has 0 unspecified atom stereocenters. The van der Waals surface area contributed by atoms with Crippen molar-refractivity contribution >= 4 is 33.2 Å². The van der Waals surface area contributed by atoms with E-state index in [1.165, 1.54) is 10.4 Å². The van der Waals surface area contributed by atoms with Crippen molar-refractivity contribution in [2.45, 2.75) is 38.8 Å². The highest BCUT2D eigenvalue weighted by molar-refractivity contribution is 7.18. The first-order chi connectivity index (χ1) is 11.6. The molecule has 1 aliphatic carbocycles. The molecule has 4 rings (SSSR count). The number of aromatic nitrogens is 2. The van der Waals surface area contributed by atoms with Crippen molar-refractivity contribution < 1.29 is 0 Å². The van der Waals surface area contributed by atoms with Crippen molar-refractivity contribution in [3.63, 3.8) is 0 Å². The van der Waals surface area contributed by atoms with Crippen LogP contribution in [0.4, 0.5) is 0 Å². The topological polar surface area (TPSA) is 57.8 Å². The van der Waals surface area contributed by atoms with Gasteiger partial charge in [-0.1, -0.05) is 29.8 Å². The number of aryl methyl sites for hydroxylation is 2. The van der Waals surface area contributed by atoms with E-state index in [2.05, 4.69) is 22.2 Å². The summed E-state index contributed by atoms with van der Waals surface area (Å²) in [6.45, 7) is 2.55. The van der Waals surface area contributed by atoms with Crippen molar-refractivity contribution in [3.05, 3.63) is 61.5 Å². The normalized spacial score (nSPS) is 14.9. The second kappa shape index (κ2) is 6.31. The Morgan fingerprint density at radius 2 is 2.21 bits per heavy atom. The number of nitrogens with one attached hydrogen (secondary N) is 2. The van der Waals surface area contributed by atoms with Crippen molar-refractivity contribution in [2.24, 2.45) is 0 Å². The van der Waals surface area contributed by atoms with E-state index in [-0.39, 0.29) is 11.6 Å². The number of H-pyrrole nitrogens is 1. The summed E-state index contributed by atoms with van der Waals surface area (Å²) in [5.41, 5.74) is 2.24. The van der Waals surface area contributed by atoms with Crippen molar-refractivity contribution in [1.82, 2.24) is 15.3 Å². The molecule has 0 amide bonds. The lowest BCUT2D eigenvalue weighted by Gasteiger charge is -2.15. The number of aromatic amines is 1. The van der Waals surface area contributed by atoms with Gasteiger partial charge in [0.05, 0.1) is 11.9 Å². The van der Waals surface area contributed by atoms with Crippen LogP contribution >= 0.6 is 22.9 Å². The van der Waals surface area contributed by atoms with Gasteiger partial charge in [-0.05, 0) is 43.4 Å². The van der Waals surface area contributed by atoms with Gasteiger partial charge in [-0.15, -0.1) is 11.3 Å². The number of hydrogen-bond acceptors (Lipinski definition) is 4. The van der Waals surface area contributed by atoms with Gasteiger partial charge in [-0.2, -0.15) is 0 Å². The van der Waals surface area contributed by atoms with Crippen molar-refractivity contribution in [1.29, 1.82) is 0 Å². The Morgan fingerprint density at radius 3 is 3.04 bits per heavy atom. The largest absolute Gasteiger partial charge is 0.309 e. The standard InChI is InChI=1S/C18H18ClN3OS/c1-10(11-5-2-3-7-13(11)19)20-9-15-21-17(23)16-12-6-4-8-14(12)24-18(16)22-15/h2-3,5,7,10,20H,4,6,8-9H2,1H3,(H,21,22,23)/t10-/m1/s1. The number of halogens is 1. The van der Waals surface area contributed by atoms with Crippen LogP contribution in [0.15, 0.2) is 29.1 Å². The summed E-state index contributed by atoms with van der Waals surface area (Å²) < 4.78 is 0. The molecular formula is C18H18ClN3OS. The highest BCUT2D eigenvalue weighted by Gasteiger charge is 2.21. The van der Waals surface area contributed by atoms with E-state index in [4.69, 9.17) is 11.6 Å². The Kier molecular flexibility index (Phi) is 4.16. The molecule has 3 aromatic rings. The molecule has 2 N–H and O–H groups in total. The molecule has 6 heteroatoms. The van der Waals surface area contributed by atoms with Gasteiger partial charge in [0.15, 0.2) is 0 Å². The fourth-order valence-corrected chi connectivity index (χ4v) is 4.90. The van der Waals surface area contributed by atoms with Gasteiger partial charge >= 0.3 is 0 Å². The van der Waals surface area contributed by atoms with Gasteiger partial charge in [-0.3, -0.25) is 4.79 Å². The van der Waals surface area contributed by atoms with E-state index in [0.29, 0.717) is 12.4 Å². The monoisotopic (exact) mass is 359 g/mol. The molecule has 1 aliphatic rings. The van der Waals surface area contributed by atoms with E-state index in [1.807, 2.05) is 24.3 Å². The van der Waals surface area contributed by atoms with Crippen molar-refractivity contribution in [2.75, 3.05) is 0 Å². The smallest absolute Gasteiger partial charge is 0.259 e. The molecule has 0 fully saturated rings. The molecule has 0 saturated carbocycles. The molecule has 2 heterocycles. The predicted molar refractivity (Wildman–Crippen MR) is 99.0 cm³/mol. The maximum absolute atomic E-state index is 12.5. The zero-order valence-corrected chi connectivity index (χ0v) is 14.9. The maximum atomic E-state index is 12.5. The van der Waals surface area contributed by atoms with Gasteiger partial charge in [0, 0.05) is 15.9 Å². The average Bonchev–Trinajstić information content (AvgIpc) is 3.13. The lowest BCUT2D eigenvalue weighted by atomic mass is 10.1. The summed E-state index contributed by atoms with van der Waals surface area (Å²) >= 11 is 7.90. The Balaban J connectivity index is 1.57. The summed E-state index contributed by atoms with van der Waals surface area (Å²) in [6.07, 6.45) is 3.23. The van der Waals surface area contributed by atoms with Crippen LogP contribution in [0.2, 0.25) is 5.02 Å². The summed E-state index contributed by atoms with van der Waals surface area (Å²) in [7, 11) is 0. The zero-order chi connectivity index (χ0) is 16.7. The third kappa shape index (κ3) is 2.77. The zero-order valence-electron chi connectivity index (χ0n) is 13.4. The molecule has 1 atom stereocenters. The van der Waals surface area contributed by atoms with E-state index >= 15 is 0 Å². The number of hydrogen-bond donors (Lipinski definition) is 2. The predicted octanol–water partition coefficient (Wildman–Crippen LogP) is 3.98. The molecule has 124 valence electrons.